The van der Waals surface area contributed by atoms with Gasteiger partial charge in [0, 0.05) is 0 Å². The van der Waals surface area contributed by atoms with E-state index in [2.05, 4.69) is 9.47 Å². The van der Waals surface area contributed by atoms with Crippen molar-refractivity contribution in [3.05, 3.63) is 60.2 Å². The van der Waals surface area contributed by atoms with Crippen LogP contribution in [0, 0.1) is 0 Å². The van der Waals surface area contributed by atoms with Crippen LogP contribution in [0.3, 0.4) is 0 Å². The van der Waals surface area contributed by atoms with E-state index in [0.717, 1.165) is 0 Å². The van der Waals surface area contributed by atoms with Gasteiger partial charge in [-0.2, -0.15) is 0 Å². The lowest BCUT2D eigenvalue weighted by molar-refractivity contribution is -0.154. The first kappa shape index (κ1) is 15.6. The first-order chi connectivity index (χ1) is 10.7. The second-order valence-corrected chi connectivity index (χ2v) is 4.46. The molecule has 2 aromatic rings. The average Bonchev–Trinajstić information content (AvgIpc) is 2.57. The second kappa shape index (κ2) is 7.26. The van der Waals surface area contributed by atoms with Crippen molar-refractivity contribution in [3.8, 4) is 11.5 Å². The third kappa shape index (κ3) is 3.63. The van der Waals surface area contributed by atoms with E-state index in [1.165, 1.54) is 14.2 Å². The van der Waals surface area contributed by atoms with E-state index >= 15 is 0 Å². The van der Waals surface area contributed by atoms with Crippen molar-refractivity contribution in [1.82, 2.24) is 0 Å². The van der Waals surface area contributed by atoms with Crippen LogP contribution in [0.2, 0.25) is 0 Å². The Hall–Kier alpha value is -2.82. The summed E-state index contributed by atoms with van der Waals surface area (Å²) in [5.41, 5.74) is 0.485. The van der Waals surface area contributed by atoms with Crippen LogP contribution in [0.5, 0.6) is 11.5 Å². The molecule has 0 fully saturated rings. The molecule has 0 saturated heterocycles. The largest absolute Gasteiger partial charge is 0.468 e. The summed E-state index contributed by atoms with van der Waals surface area (Å²) in [6, 6.07) is 15.9. The van der Waals surface area contributed by atoms with Crippen LogP contribution < -0.4 is 4.74 Å². The Labute approximate surface area is 128 Å². The maximum Gasteiger partial charge on any atom is 0.324 e. The minimum atomic E-state index is -1.10. The molecule has 2 rings (SSSR count). The lowest BCUT2D eigenvalue weighted by Crippen LogP contribution is -2.24. The molecule has 0 N–H and O–H groups in total. The van der Waals surface area contributed by atoms with Crippen LogP contribution in [0.4, 0.5) is 0 Å². The summed E-state index contributed by atoms with van der Waals surface area (Å²) in [5, 5.41) is 0. The highest BCUT2D eigenvalue weighted by Gasteiger charge is 2.30. The lowest BCUT2D eigenvalue weighted by atomic mass is 9.99. The highest BCUT2D eigenvalue weighted by molar-refractivity contribution is 6.00. The topological polar surface area (TPSA) is 61.8 Å². The Bertz CT molecular complexity index is 618. The smallest absolute Gasteiger partial charge is 0.324 e. The molecule has 0 heterocycles. The summed E-state index contributed by atoms with van der Waals surface area (Å²) in [6.07, 6.45) is 0. The number of ether oxygens (including phenoxy) is 3. The van der Waals surface area contributed by atoms with Crippen LogP contribution in [0.1, 0.15) is 11.5 Å². The van der Waals surface area contributed by atoms with E-state index in [-0.39, 0.29) is 0 Å². The van der Waals surface area contributed by atoms with Crippen molar-refractivity contribution in [2.45, 2.75) is 5.92 Å². The van der Waals surface area contributed by atoms with E-state index in [1.807, 2.05) is 30.3 Å². The summed E-state index contributed by atoms with van der Waals surface area (Å²) in [4.78, 5) is 23.5. The summed E-state index contributed by atoms with van der Waals surface area (Å²) >= 11 is 0. The van der Waals surface area contributed by atoms with Crippen LogP contribution in [0.15, 0.2) is 54.6 Å². The molecule has 0 unspecified atom stereocenters. The fraction of sp³-hybridized carbons (Fsp3) is 0.176. The Morgan fingerprint density at radius 1 is 0.773 bits per heavy atom. The molecule has 0 aromatic heterocycles. The molecule has 2 aromatic carbocycles. The predicted octanol–water partition coefficient (Wildman–Crippen LogP) is 2.91. The molecule has 0 spiro atoms. The molecule has 0 aliphatic rings. The molecule has 0 atom stereocenters. The van der Waals surface area contributed by atoms with Crippen LogP contribution in [-0.4, -0.2) is 26.2 Å². The Morgan fingerprint density at radius 3 is 1.77 bits per heavy atom. The normalized spacial score (nSPS) is 10.1. The second-order valence-electron chi connectivity index (χ2n) is 4.46. The van der Waals surface area contributed by atoms with Gasteiger partial charge in [-0.3, -0.25) is 9.59 Å². The molecule has 0 aliphatic carbocycles. The predicted molar refractivity (Wildman–Crippen MR) is 79.7 cm³/mol. The van der Waals surface area contributed by atoms with Gasteiger partial charge in [0.15, 0.2) is 5.92 Å². The molecule has 0 radical (unpaired) electrons. The third-order valence-corrected chi connectivity index (χ3v) is 3.07. The van der Waals surface area contributed by atoms with Gasteiger partial charge in [-0.25, -0.2) is 0 Å². The zero-order valence-corrected chi connectivity index (χ0v) is 12.3. The van der Waals surface area contributed by atoms with Gasteiger partial charge in [-0.05, 0) is 29.8 Å². The molecule has 114 valence electrons. The van der Waals surface area contributed by atoms with Crippen molar-refractivity contribution < 1.29 is 23.8 Å². The molecular weight excluding hydrogens is 284 g/mol. The van der Waals surface area contributed by atoms with Gasteiger partial charge in [0.25, 0.3) is 0 Å². The van der Waals surface area contributed by atoms with Crippen molar-refractivity contribution in [2.24, 2.45) is 0 Å². The number of rotatable bonds is 5. The van der Waals surface area contributed by atoms with Crippen molar-refractivity contribution in [2.75, 3.05) is 14.2 Å². The van der Waals surface area contributed by atoms with Gasteiger partial charge in [-0.1, -0.05) is 30.3 Å². The number of esters is 2. The van der Waals surface area contributed by atoms with E-state index in [9.17, 15) is 9.59 Å². The summed E-state index contributed by atoms with van der Waals surface area (Å²) in [5.74, 6) is -1.12. The zero-order chi connectivity index (χ0) is 15.9. The first-order valence-electron chi connectivity index (χ1n) is 6.64. The molecule has 5 nitrogen and oxygen atoms in total. The van der Waals surface area contributed by atoms with Gasteiger partial charge in [-0.15, -0.1) is 0 Å². The maximum absolute atomic E-state index is 11.7. The third-order valence-electron chi connectivity index (χ3n) is 3.07. The standard InChI is InChI=1S/C17H16O5/c1-20-16(18)15(17(19)21-2)12-8-10-14(11-9-12)22-13-6-4-3-5-7-13/h3-11,15H,1-2H3. The quantitative estimate of drug-likeness (QED) is 0.627. The zero-order valence-electron chi connectivity index (χ0n) is 12.3. The van der Waals surface area contributed by atoms with Gasteiger partial charge in [0.05, 0.1) is 14.2 Å². The molecule has 0 bridgehead atoms. The number of para-hydroxylation sites is 1. The number of carbonyl (C=O) groups is 2. The first-order valence-corrected chi connectivity index (χ1v) is 6.64. The Kier molecular flexibility index (Phi) is 5.14. The van der Waals surface area contributed by atoms with Crippen LogP contribution >= 0.6 is 0 Å². The highest BCUT2D eigenvalue weighted by atomic mass is 16.5. The summed E-state index contributed by atoms with van der Waals surface area (Å²) < 4.78 is 14.9. The minimum Gasteiger partial charge on any atom is -0.468 e. The molecule has 5 heteroatoms. The van der Waals surface area contributed by atoms with Crippen LogP contribution in [-0.2, 0) is 19.1 Å². The molecule has 0 saturated carbocycles. The number of hydrogen-bond donors (Lipinski definition) is 0. The van der Waals surface area contributed by atoms with E-state index < -0.39 is 17.9 Å². The highest BCUT2D eigenvalue weighted by Crippen LogP contribution is 2.25. The number of benzene rings is 2. The minimum absolute atomic E-state index is 0.485. The average molecular weight is 300 g/mol. The fourth-order valence-corrected chi connectivity index (χ4v) is 1.96. The van der Waals surface area contributed by atoms with Crippen LogP contribution in [0.25, 0.3) is 0 Å². The van der Waals surface area contributed by atoms with Gasteiger partial charge < -0.3 is 14.2 Å². The van der Waals surface area contributed by atoms with Gasteiger partial charge in [0.2, 0.25) is 0 Å². The van der Waals surface area contributed by atoms with Crippen molar-refractivity contribution >= 4 is 11.9 Å². The molecular formula is C17H16O5. The SMILES string of the molecule is COC(=O)C(C(=O)OC)c1ccc(Oc2ccccc2)cc1. The molecule has 0 aliphatic heterocycles. The molecule has 22 heavy (non-hydrogen) atoms. The van der Waals surface area contributed by atoms with E-state index in [1.54, 1.807) is 24.3 Å². The Morgan fingerprint density at radius 2 is 1.27 bits per heavy atom. The summed E-state index contributed by atoms with van der Waals surface area (Å²) in [6.45, 7) is 0. The number of hydrogen-bond acceptors (Lipinski definition) is 5. The van der Waals surface area contributed by atoms with Gasteiger partial charge in [0.1, 0.15) is 11.5 Å². The number of carbonyl (C=O) groups excluding carboxylic acids is 2. The van der Waals surface area contributed by atoms with E-state index in [4.69, 9.17) is 4.74 Å². The Balaban J connectivity index is 2.19. The van der Waals surface area contributed by atoms with Crippen molar-refractivity contribution in [3.63, 3.8) is 0 Å². The van der Waals surface area contributed by atoms with Gasteiger partial charge >= 0.3 is 11.9 Å². The lowest BCUT2D eigenvalue weighted by Gasteiger charge is -2.13. The fourth-order valence-electron chi connectivity index (χ4n) is 1.96. The van der Waals surface area contributed by atoms with Crippen molar-refractivity contribution in [1.29, 1.82) is 0 Å². The van der Waals surface area contributed by atoms with E-state index in [0.29, 0.717) is 17.1 Å². The molecule has 0 amide bonds. The number of methoxy groups -OCH3 is 2. The maximum atomic E-state index is 11.7. The summed E-state index contributed by atoms with van der Waals surface area (Å²) in [7, 11) is 2.45. The monoisotopic (exact) mass is 300 g/mol.